The van der Waals surface area contributed by atoms with E-state index in [1.54, 1.807) is 12.1 Å². The first-order chi connectivity index (χ1) is 17.5. The van der Waals surface area contributed by atoms with Crippen LogP contribution < -0.4 is 11.1 Å². The van der Waals surface area contributed by atoms with Crippen LogP contribution in [0.4, 0.5) is 11.5 Å². The number of fused-ring (bicyclic) bond motifs is 3. The molecule has 2 amide bonds. The molecule has 1 saturated carbocycles. The third kappa shape index (κ3) is 3.60. The Morgan fingerprint density at radius 1 is 1.03 bits per heavy atom. The standard InChI is InChI=1S/C27H25N7O2/c1-2-22(35)33-14-16-12-20(33)21(13-16)34-26-23(25(28)29-15-30-26)24(32-34)17-8-10-19(11-9-17)31-27(36)18-6-4-3-5-7-18/h2-11,15-16,20-21H,1,12-14H2,(H,31,36)(H2,28,29,30). The third-order valence-corrected chi connectivity index (χ3v) is 7.19. The lowest BCUT2D eigenvalue weighted by atomic mass is 10.1. The van der Waals surface area contributed by atoms with Crippen LogP contribution >= 0.6 is 0 Å². The Morgan fingerprint density at radius 3 is 2.50 bits per heavy atom. The molecule has 2 aromatic heterocycles. The summed E-state index contributed by atoms with van der Waals surface area (Å²) in [7, 11) is 0. The van der Waals surface area contributed by atoms with Gasteiger partial charge in [-0.15, -0.1) is 0 Å². The monoisotopic (exact) mass is 479 g/mol. The number of nitrogens with zero attached hydrogens (tertiary/aromatic N) is 5. The summed E-state index contributed by atoms with van der Waals surface area (Å²) < 4.78 is 1.92. The summed E-state index contributed by atoms with van der Waals surface area (Å²) in [5.41, 5.74) is 9.73. The highest BCUT2D eigenvalue weighted by atomic mass is 16.2. The van der Waals surface area contributed by atoms with Crippen LogP contribution in [0.25, 0.3) is 22.3 Å². The minimum atomic E-state index is -0.175. The molecule has 3 atom stereocenters. The average molecular weight is 480 g/mol. The molecule has 2 bridgehead atoms. The summed E-state index contributed by atoms with van der Waals surface area (Å²) in [6, 6.07) is 16.6. The number of hydrogen-bond acceptors (Lipinski definition) is 6. The van der Waals surface area contributed by atoms with Gasteiger partial charge in [0, 0.05) is 23.4 Å². The van der Waals surface area contributed by atoms with E-state index < -0.39 is 0 Å². The van der Waals surface area contributed by atoms with Gasteiger partial charge in [0.05, 0.1) is 17.5 Å². The van der Waals surface area contributed by atoms with Gasteiger partial charge in [-0.2, -0.15) is 5.10 Å². The van der Waals surface area contributed by atoms with Crippen LogP contribution in [0.15, 0.2) is 73.6 Å². The van der Waals surface area contributed by atoms with E-state index in [0.717, 1.165) is 24.9 Å². The Hall–Kier alpha value is -4.53. The third-order valence-electron chi connectivity index (χ3n) is 7.19. The number of nitrogens with two attached hydrogens (primary N) is 1. The summed E-state index contributed by atoms with van der Waals surface area (Å²) in [6.07, 6.45) is 4.69. The van der Waals surface area contributed by atoms with Crippen LogP contribution in [0.2, 0.25) is 0 Å². The maximum Gasteiger partial charge on any atom is 0.255 e. The van der Waals surface area contributed by atoms with Crippen LogP contribution in [0.1, 0.15) is 29.2 Å². The van der Waals surface area contributed by atoms with E-state index in [-0.39, 0.29) is 23.9 Å². The largest absolute Gasteiger partial charge is 0.383 e. The van der Waals surface area contributed by atoms with Crippen LogP contribution in [-0.2, 0) is 4.79 Å². The Balaban J connectivity index is 1.34. The first kappa shape index (κ1) is 22.0. The first-order valence-corrected chi connectivity index (χ1v) is 11.9. The van der Waals surface area contributed by atoms with E-state index >= 15 is 0 Å². The van der Waals surface area contributed by atoms with Crippen molar-refractivity contribution < 1.29 is 9.59 Å². The Bertz CT molecular complexity index is 1480. The van der Waals surface area contributed by atoms with Crippen LogP contribution in [0, 0.1) is 5.92 Å². The molecule has 3 N–H and O–H groups in total. The molecule has 6 rings (SSSR count). The summed E-state index contributed by atoms with van der Waals surface area (Å²) in [6.45, 7) is 4.41. The van der Waals surface area contributed by atoms with Crippen molar-refractivity contribution in [2.75, 3.05) is 17.6 Å². The van der Waals surface area contributed by atoms with Crippen molar-refractivity contribution in [1.29, 1.82) is 0 Å². The van der Waals surface area contributed by atoms with Gasteiger partial charge in [0.15, 0.2) is 5.65 Å². The van der Waals surface area contributed by atoms with Gasteiger partial charge in [0.2, 0.25) is 5.91 Å². The highest BCUT2D eigenvalue weighted by molar-refractivity contribution is 6.04. The van der Waals surface area contributed by atoms with Gasteiger partial charge in [-0.25, -0.2) is 14.6 Å². The number of anilines is 2. The molecule has 4 aromatic rings. The zero-order chi connectivity index (χ0) is 24.8. The lowest BCUT2D eigenvalue weighted by Crippen LogP contribution is -2.42. The number of aromatic nitrogens is 4. The maximum absolute atomic E-state index is 12.5. The molecular formula is C27H25N7O2. The van der Waals surface area contributed by atoms with Gasteiger partial charge < -0.3 is 16.0 Å². The number of amides is 2. The average Bonchev–Trinajstić information content (AvgIpc) is 3.62. The molecule has 2 aromatic carbocycles. The molecule has 36 heavy (non-hydrogen) atoms. The number of rotatable bonds is 5. The van der Waals surface area contributed by atoms with Crippen molar-refractivity contribution in [2.24, 2.45) is 5.92 Å². The number of hydrogen-bond donors (Lipinski definition) is 2. The smallest absolute Gasteiger partial charge is 0.255 e. The van der Waals surface area contributed by atoms with Gasteiger partial charge in [-0.3, -0.25) is 9.59 Å². The maximum atomic E-state index is 12.5. The number of carbonyl (C=O) groups is 2. The molecule has 1 saturated heterocycles. The Morgan fingerprint density at radius 2 is 1.78 bits per heavy atom. The molecule has 3 unspecified atom stereocenters. The van der Waals surface area contributed by atoms with Crippen molar-refractivity contribution in [1.82, 2.24) is 24.6 Å². The minimum Gasteiger partial charge on any atom is -0.383 e. The number of nitrogen functional groups attached to an aromatic ring is 1. The second-order valence-electron chi connectivity index (χ2n) is 9.32. The van der Waals surface area contributed by atoms with Crippen LogP contribution in [-0.4, -0.2) is 49.0 Å². The molecule has 2 aliphatic rings. The van der Waals surface area contributed by atoms with Gasteiger partial charge in [0.1, 0.15) is 17.8 Å². The topological polar surface area (TPSA) is 119 Å². The molecule has 0 spiro atoms. The minimum absolute atomic E-state index is 0.00244. The van der Waals surface area contributed by atoms with E-state index in [0.29, 0.717) is 39.7 Å². The van der Waals surface area contributed by atoms with E-state index in [1.165, 1.54) is 12.4 Å². The van der Waals surface area contributed by atoms with E-state index in [4.69, 9.17) is 10.8 Å². The molecule has 1 aliphatic carbocycles. The predicted octanol–water partition coefficient (Wildman–Crippen LogP) is 3.68. The molecule has 3 heterocycles. The predicted molar refractivity (Wildman–Crippen MR) is 137 cm³/mol. The molecule has 9 nitrogen and oxygen atoms in total. The molecule has 1 aliphatic heterocycles. The van der Waals surface area contributed by atoms with E-state index in [9.17, 15) is 9.59 Å². The number of carbonyl (C=O) groups excluding carboxylic acids is 2. The summed E-state index contributed by atoms with van der Waals surface area (Å²) >= 11 is 0. The van der Waals surface area contributed by atoms with Crippen molar-refractivity contribution in [3.63, 3.8) is 0 Å². The van der Waals surface area contributed by atoms with E-state index in [1.807, 2.05) is 52.0 Å². The number of nitrogens with one attached hydrogen (secondary N) is 1. The number of benzene rings is 2. The van der Waals surface area contributed by atoms with Crippen molar-refractivity contribution in [3.8, 4) is 11.3 Å². The number of piperidine rings is 1. The first-order valence-electron chi connectivity index (χ1n) is 11.9. The Labute approximate surface area is 207 Å². The fraction of sp³-hybridized carbons (Fsp3) is 0.222. The summed E-state index contributed by atoms with van der Waals surface area (Å²) in [5, 5.41) is 8.56. The summed E-state index contributed by atoms with van der Waals surface area (Å²) in [4.78, 5) is 35.6. The molecule has 9 heteroatoms. The molecular weight excluding hydrogens is 454 g/mol. The molecule has 2 fully saturated rings. The fourth-order valence-corrected chi connectivity index (χ4v) is 5.56. The van der Waals surface area contributed by atoms with Crippen molar-refractivity contribution in [2.45, 2.75) is 24.9 Å². The van der Waals surface area contributed by atoms with E-state index in [2.05, 4.69) is 21.9 Å². The van der Waals surface area contributed by atoms with Gasteiger partial charge in [-0.05, 0) is 49.1 Å². The van der Waals surface area contributed by atoms with Crippen LogP contribution in [0.3, 0.4) is 0 Å². The second-order valence-corrected chi connectivity index (χ2v) is 9.32. The normalized spacial score (nSPS) is 20.6. The second kappa shape index (κ2) is 8.60. The zero-order valence-corrected chi connectivity index (χ0v) is 19.5. The zero-order valence-electron chi connectivity index (χ0n) is 19.5. The Kier molecular flexibility index (Phi) is 5.25. The highest BCUT2D eigenvalue weighted by Gasteiger charge is 2.48. The lowest BCUT2D eigenvalue weighted by molar-refractivity contribution is -0.128. The SMILES string of the molecule is C=CC(=O)N1CC2CC1C(n1nc(-c3ccc(NC(=O)c4ccccc4)cc3)c3c(N)ncnc31)C2. The van der Waals surface area contributed by atoms with Crippen molar-refractivity contribution in [3.05, 3.63) is 79.1 Å². The molecule has 180 valence electrons. The lowest BCUT2D eigenvalue weighted by Gasteiger charge is -2.32. The van der Waals surface area contributed by atoms with Gasteiger partial charge in [-0.1, -0.05) is 36.9 Å². The fourth-order valence-electron chi connectivity index (χ4n) is 5.56. The van der Waals surface area contributed by atoms with Gasteiger partial charge >= 0.3 is 0 Å². The molecule has 0 radical (unpaired) electrons. The van der Waals surface area contributed by atoms with Gasteiger partial charge in [0.25, 0.3) is 5.91 Å². The quantitative estimate of drug-likeness (QED) is 0.422. The number of likely N-dealkylation sites (tertiary alicyclic amines) is 1. The highest BCUT2D eigenvalue weighted by Crippen LogP contribution is 2.46. The van der Waals surface area contributed by atoms with Crippen LogP contribution in [0.5, 0.6) is 0 Å². The van der Waals surface area contributed by atoms with Crippen molar-refractivity contribution >= 4 is 34.4 Å². The summed E-state index contributed by atoms with van der Waals surface area (Å²) in [5.74, 6) is 0.556.